The first-order valence-electron chi connectivity index (χ1n) is 4.91. The number of alkyl halides is 1. The summed E-state index contributed by atoms with van der Waals surface area (Å²) in [6.45, 7) is 2.21. The van der Waals surface area contributed by atoms with Gasteiger partial charge in [-0.1, -0.05) is 42.5 Å². The lowest BCUT2D eigenvalue weighted by atomic mass is 10.1. The third kappa shape index (κ3) is 2.42. The SMILES string of the molecule is F[C@H]1C=CCN(Cc2ccccc2)C1. The van der Waals surface area contributed by atoms with E-state index in [2.05, 4.69) is 17.0 Å². The zero-order valence-corrected chi connectivity index (χ0v) is 8.07. The molecule has 0 N–H and O–H groups in total. The predicted molar refractivity (Wildman–Crippen MR) is 55.8 cm³/mol. The van der Waals surface area contributed by atoms with E-state index in [1.165, 1.54) is 5.56 Å². The van der Waals surface area contributed by atoms with Gasteiger partial charge in [0.15, 0.2) is 0 Å². The molecule has 0 aromatic heterocycles. The molecule has 0 amide bonds. The van der Waals surface area contributed by atoms with Crippen molar-refractivity contribution < 1.29 is 4.39 Å². The second-order valence-corrected chi connectivity index (χ2v) is 3.62. The van der Waals surface area contributed by atoms with Crippen molar-refractivity contribution in [2.75, 3.05) is 13.1 Å². The number of hydrogen-bond acceptors (Lipinski definition) is 1. The van der Waals surface area contributed by atoms with E-state index in [1.807, 2.05) is 24.3 Å². The van der Waals surface area contributed by atoms with E-state index in [0.29, 0.717) is 6.54 Å². The van der Waals surface area contributed by atoms with Gasteiger partial charge in [0.2, 0.25) is 0 Å². The summed E-state index contributed by atoms with van der Waals surface area (Å²) in [6.07, 6.45) is 2.74. The van der Waals surface area contributed by atoms with Gasteiger partial charge in [-0.05, 0) is 5.56 Å². The maximum Gasteiger partial charge on any atom is 0.131 e. The number of halogens is 1. The molecule has 0 fully saturated rings. The lowest BCUT2D eigenvalue weighted by Gasteiger charge is -2.24. The maximum atomic E-state index is 13.0. The van der Waals surface area contributed by atoms with Gasteiger partial charge in [0.25, 0.3) is 0 Å². The third-order valence-corrected chi connectivity index (χ3v) is 2.39. The molecule has 1 aliphatic rings. The van der Waals surface area contributed by atoms with E-state index in [1.54, 1.807) is 6.08 Å². The highest BCUT2D eigenvalue weighted by Crippen LogP contribution is 2.10. The zero-order valence-electron chi connectivity index (χ0n) is 8.07. The molecule has 2 rings (SSSR count). The number of hydrogen-bond donors (Lipinski definition) is 0. The predicted octanol–water partition coefficient (Wildman–Crippen LogP) is 2.40. The summed E-state index contributed by atoms with van der Waals surface area (Å²) in [5.41, 5.74) is 1.25. The highest BCUT2D eigenvalue weighted by Gasteiger charge is 2.13. The van der Waals surface area contributed by atoms with Gasteiger partial charge < -0.3 is 0 Å². The number of rotatable bonds is 2. The van der Waals surface area contributed by atoms with Crippen molar-refractivity contribution >= 4 is 0 Å². The number of nitrogens with zero attached hydrogens (tertiary/aromatic N) is 1. The molecule has 0 unspecified atom stereocenters. The summed E-state index contributed by atoms with van der Waals surface area (Å²) in [5, 5.41) is 0. The molecule has 1 nitrogen and oxygen atoms in total. The van der Waals surface area contributed by atoms with Crippen molar-refractivity contribution in [3.63, 3.8) is 0 Å². The molecule has 74 valence electrons. The van der Waals surface area contributed by atoms with Crippen molar-refractivity contribution in [1.82, 2.24) is 4.90 Å². The van der Waals surface area contributed by atoms with E-state index in [9.17, 15) is 4.39 Å². The lowest BCUT2D eigenvalue weighted by molar-refractivity contribution is 0.214. The minimum Gasteiger partial charge on any atom is -0.292 e. The summed E-state index contributed by atoms with van der Waals surface area (Å²) >= 11 is 0. The van der Waals surface area contributed by atoms with Crippen molar-refractivity contribution in [2.24, 2.45) is 0 Å². The first kappa shape index (κ1) is 9.41. The van der Waals surface area contributed by atoms with Crippen LogP contribution in [-0.2, 0) is 6.54 Å². The van der Waals surface area contributed by atoms with Gasteiger partial charge >= 0.3 is 0 Å². The van der Waals surface area contributed by atoms with Crippen molar-refractivity contribution in [3.05, 3.63) is 48.0 Å². The minimum absolute atomic E-state index is 0.519. The molecule has 2 heteroatoms. The van der Waals surface area contributed by atoms with Gasteiger partial charge in [0.1, 0.15) is 6.17 Å². The highest BCUT2D eigenvalue weighted by molar-refractivity contribution is 5.15. The van der Waals surface area contributed by atoms with Crippen molar-refractivity contribution in [3.8, 4) is 0 Å². The monoisotopic (exact) mass is 191 g/mol. The van der Waals surface area contributed by atoms with Crippen LogP contribution >= 0.6 is 0 Å². The van der Waals surface area contributed by atoms with Crippen LogP contribution in [-0.4, -0.2) is 24.2 Å². The van der Waals surface area contributed by atoms with Gasteiger partial charge in [0, 0.05) is 19.6 Å². The molecule has 1 aromatic rings. The van der Waals surface area contributed by atoms with Crippen LogP contribution in [0.2, 0.25) is 0 Å². The fraction of sp³-hybridized carbons (Fsp3) is 0.333. The summed E-state index contributed by atoms with van der Waals surface area (Å²) < 4.78 is 13.0. The Labute approximate surface area is 83.9 Å². The average Bonchev–Trinajstić information content (AvgIpc) is 2.19. The molecule has 0 saturated heterocycles. The molecule has 0 bridgehead atoms. The van der Waals surface area contributed by atoms with Gasteiger partial charge in [-0.25, -0.2) is 4.39 Å². The van der Waals surface area contributed by atoms with Crippen LogP contribution in [0.15, 0.2) is 42.5 Å². The normalized spacial score (nSPS) is 22.5. The van der Waals surface area contributed by atoms with Crippen LogP contribution in [0.3, 0.4) is 0 Å². The Hall–Kier alpha value is -1.15. The first-order valence-corrected chi connectivity index (χ1v) is 4.91. The molecule has 1 aromatic carbocycles. The fourth-order valence-corrected chi connectivity index (χ4v) is 1.71. The Morgan fingerprint density at radius 1 is 1.29 bits per heavy atom. The van der Waals surface area contributed by atoms with Crippen LogP contribution in [0.5, 0.6) is 0 Å². The Kier molecular flexibility index (Phi) is 2.94. The Balaban J connectivity index is 1.96. The zero-order chi connectivity index (χ0) is 9.80. The molecule has 0 aliphatic carbocycles. The van der Waals surface area contributed by atoms with Gasteiger partial charge in [-0.2, -0.15) is 0 Å². The Bertz CT molecular complexity index is 307. The topological polar surface area (TPSA) is 3.24 Å². The largest absolute Gasteiger partial charge is 0.292 e. The third-order valence-electron chi connectivity index (χ3n) is 2.39. The summed E-state index contributed by atoms with van der Waals surface area (Å²) in [5.74, 6) is 0. The van der Waals surface area contributed by atoms with E-state index in [-0.39, 0.29) is 0 Å². The van der Waals surface area contributed by atoms with Crippen LogP contribution in [0, 0.1) is 0 Å². The van der Waals surface area contributed by atoms with E-state index in [4.69, 9.17) is 0 Å². The van der Waals surface area contributed by atoms with E-state index < -0.39 is 6.17 Å². The van der Waals surface area contributed by atoms with Crippen LogP contribution in [0.4, 0.5) is 4.39 Å². The minimum atomic E-state index is -0.799. The number of benzene rings is 1. The second kappa shape index (κ2) is 4.38. The average molecular weight is 191 g/mol. The standard InChI is InChI=1S/C12H14FN/c13-12-7-4-8-14(10-12)9-11-5-2-1-3-6-11/h1-7,12H,8-10H2/t12-/m0/s1. The first-order chi connectivity index (χ1) is 6.84. The fourth-order valence-electron chi connectivity index (χ4n) is 1.71. The van der Waals surface area contributed by atoms with Crippen molar-refractivity contribution in [2.45, 2.75) is 12.7 Å². The molecular weight excluding hydrogens is 177 g/mol. The second-order valence-electron chi connectivity index (χ2n) is 3.62. The molecule has 14 heavy (non-hydrogen) atoms. The molecule has 0 saturated carbocycles. The maximum absolute atomic E-state index is 13.0. The quantitative estimate of drug-likeness (QED) is 0.649. The summed E-state index contributed by atoms with van der Waals surface area (Å²) in [7, 11) is 0. The van der Waals surface area contributed by atoms with Crippen molar-refractivity contribution in [1.29, 1.82) is 0 Å². The Morgan fingerprint density at radius 2 is 2.07 bits per heavy atom. The van der Waals surface area contributed by atoms with Gasteiger partial charge in [-0.3, -0.25) is 4.90 Å². The van der Waals surface area contributed by atoms with Crippen LogP contribution in [0.25, 0.3) is 0 Å². The van der Waals surface area contributed by atoms with E-state index >= 15 is 0 Å². The summed E-state index contributed by atoms with van der Waals surface area (Å²) in [6, 6.07) is 10.2. The van der Waals surface area contributed by atoms with Gasteiger partial charge in [0.05, 0.1) is 0 Å². The molecule has 1 heterocycles. The molecule has 0 radical (unpaired) electrons. The molecular formula is C12H14FN. The van der Waals surface area contributed by atoms with E-state index in [0.717, 1.165) is 13.1 Å². The molecule has 0 spiro atoms. The molecule has 1 aliphatic heterocycles. The molecule has 1 atom stereocenters. The van der Waals surface area contributed by atoms with Crippen LogP contribution < -0.4 is 0 Å². The highest BCUT2D eigenvalue weighted by atomic mass is 19.1. The van der Waals surface area contributed by atoms with Crippen LogP contribution in [0.1, 0.15) is 5.56 Å². The lowest BCUT2D eigenvalue weighted by Crippen LogP contribution is -2.32. The Morgan fingerprint density at radius 3 is 2.79 bits per heavy atom. The summed E-state index contributed by atoms with van der Waals surface area (Å²) in [4.78, 5) is 2.11. The smallest absolute Gasteiger partial charge is 0.131 e. The van der Waals surface area contributed by atoms with Gasteiger partial charge in [-0.15, -0.1) is 0 Å².